The topological polar surface area (TPSA) is 49.3 Å². The quantitative estimate of drug-likeness (QED) is 0.829. The molecule has 0 fully saturated rings. The first-order valence-electron chi connectivity index (χ1n) is 6.94. The summed E-state index contributed by atoms with van der Waals surface area (Å²) in [6, 6.07) is 6.83. The van der Waals surface area contributed by atoms with Crippen LogP contribution in [0.15, 0.2) is 24.3 Å². The van der Waals surface area contributed by atoms with Crippen LogP contribution in [0, 0.1) is 17.8 Å². The van der Waals surface area contributed by atoms with Gasteiger partial charge < -0.3 is 10.4 Å². The van der Waals surface area contributed by atoms with Gasteiger partial charge in [0.1, 0.15) is 5.75 Å². The van der Waals surface area contributed by atoms with E-state index in [-0.39, 0.29) is 11.7 Å². The lowest BCUT2D eigenvalue weighted by Gasteiger charge is -2.25. The average Bonchev–Trinajstić information content (AvgIpc) is 2.27. The molecule has 1 aromatic carbocycles. The van der Waals surface area contributed by atoms with E-state index in [0.717, 1.165) is 5.56 Å². The van der Waals surface area contributed by atoms with Gasteiger partial charge in [0.25, 0.3) is 0 Å². The predicted octanol–water partition coefficient (Wildman–Crippen LogP) is 2.98. The maximum Gasteiger partial charge on any atom is 0.224 e. The number of carbonyl (C=O) groups is 1. The lowest BCUT2D eigenvalue weighted by Crippen LogP contribution is -2.34. The van der Waals surface area contributed by atoms with Crippen LogP contribution >= 0.6 is 0 Å². The average molecular weight is 263 g/mol. The van der Waals surface area contributed by atoms with Crippen molar-refractivity contribution in [1.29, 1.82) is 0 Å². The first-order chi connectivity index (χ1) is 8.90. The molecule has 3 heteroatoms. The van der Waals surface area contributed by atoms with Gasteiger partial charge in [-0.3, -0.25) is 4.79 Å². The van der Waals surface area contributed by atoms with Gasteiger partial charge in [-0.15, -0.1) is 0 Å². The minimum Gasteiger partial charge on any atom is -0.508 e. The molecule has 3 nitrogen and oxygen atoms in total. The number of carbonyl (C=O) groups excluding carboxylic acids is 1. The van der Waals surface area contributed by atoms with Crippen molar-refractivity contribution in [2.24, 2.45) is 17.8 Å². The lowest BCUT2D eigenvalue weighted by molar-refractivity contribution is -0.120. The molecule has 0 aliphatic carbocycles. The van der Waals surface area contributed by atoms with Crippen molar-refractivity contribution >= 4 is 5.91 Å². The SMILES string of the molecule is CC(C)C(CNC(=O)Cc1cccc(O)c1)C(C)C. The number of nitrogens with one attached hydrogen (secondary N) is 1. The molecule has 1 aromatic rings. The third kappa shape index (κ3) is 5.33. The van der Waals surface area contributed by atoms with E-state index >= 15 is 0 Å². The number of rotatable bonds is 6. The largest absolute Gasteiger partial charge is 0.508 e. The summed E-state index contributed by atoms with van der Waals surface area (Å²) in [5, 5.41) is 12.4. The molecule has 19 heavy (non-hydrogen) atoms. The molecule has 0 saturated carbocycles. The number of hydrogen-bond donors (Lipinski definition) is 2. The van der Waals surface area contributed by atoms with Gasteiger partial charge in [0.2, 0.25) is 5.91 Å². The van der Waals surface area contributed by atoms with Crippen LogP contribution in [0.25, 0.3) is 0 Å². The molecule has 0 aromatic heterocycles. The Balaban J connectivity index is 2.47. The van der Waals surface area contributed by atoms with Crippen molar-refractivity contribution in [2.75, 3.05) is 6.54 Å². The van der Waals surface area contributed by atoms with E-state index in [0.29, 0.717) is 30.7 Å². The zero-order valence-electron chi connectivity index (χ0n) is 12.3. The monoisotopic (exact) mass is 263 g/mol. The second-order valence-corrected chi connectivity index (χ2v) is 5.80. The number of amides is 1. The van der Waals surface area contributed by atoms with E-state index in [9.17, 15) is 9.90 Å². The predicted molar refractivity (Wildman–Crippen MR) is 78.0 cm³/mol. The Morgan fingerprint density at radius 1 is 1.21 bits per heavy atom. The highest BCUT2D eigenvalue weighted by atomic mass is 16.3. The van der Waals surface area contributed by atoms with Gasteiger partial charge in [0, 0.05) is 6.54 Å². The van der Waals surface area contributed by atoms with E-state index in [1.54, 1.807) is 18.2 Å². The van der Waals surface area contributed by atoms with E-state index in [1.807, 2.05) is 6.07 Å². The Morgan fingerprint density at radius 3 is 2.37 bits per heavy atom. The minimum atomic E-state index is 0.0110. The van der Waals surface area contributed by atoms with Crippen molar-refractivity contribution in [2.45, 2.75) is 34.1 Å². The second kappa shape index (κ2) is 7.17. The maximum absolute atomic E-state index is 11.9. The van der Waals surface area contributed by atoms with Crippen LogP contribution in [0.3, 0.4) is 0 Å². The van der Waals surface area contributed by atoms with Crippen molar-refractivity contribution in [3.05, 3.63) is 29.8 Å². The van der Waals surface area contributed by atoms with Crippen LogP contribution in [0.4, 0.5) is 0 Å². The molecule has 2 N–H and O–H groups in total. The number of hydrogen-bond acceptors (Lipinski definition) is 2. The number of aromatic hydroxyl groups is 1. The van der Waals surface area contributed by atoms with Gasteiger partial charge in [0.15, 0.2) is 0 Å². The molecule has 1 rings (SSSR count). The molecular formula is C16H25NO2. The third-order valence-corrected chi connectivity index (χ3v) is 3.52. The highest BCUT2D eigenvalue weighted by Crippen LogP contribution is 2.19. The van der Waals surface area contributed by atoms with Crippen LogP contribution in [-0.2, 0) is 11.2 Å². The maximum atomic E-state index is 11.9. The summed E-state index contributed by atoms with van der Waals surface area (Å²) in [5.41, 5.74) is 0.836. The summed E-state index contributed by atoms with van der Waals surface area (Å²) in [7, 11) is 0. The van der Waals surface area contributed by atoms with Crippen molar-refractivity contribution in [3.8, 4) is 5.75 Å². The fourth-order valence-corrected chi connectivity index (χ4v) is 2.39. The smallest absolute Gasteiger partial charge is 0.224 e. The van der Waals surface area contributed by atoms with Gasteiger partial charge >= 0.3 is 0 Å². The highest BCUT2D eigenvalue weighted by molar-refractivity contribution is 5.78. The molecule has 0 aliphatic heterocycles. The Labute approximate surface area is 116 Å². The molecule has 0 unspecified atom stereocenters. The summed E-state index contributed by atoms with van der Waals surface area (Å²) in [5.74, 6) is 1.82. The molecule has 0 saturated heterocycles. The zero-order chi connectivity index (χ0) is 14.4. The van der Waals surface area contributed by atoms with Crippen molar-refractivity contribution in [1.82, 2.24) is 5.32 Å². The van der Waals surface area contributed by atoms with Gasteiger partial charge in [-0.2, -0.15) is 0 Å². The first kappa shape index (κ1) is 15.5. The van der Waals surface area contributed by atoms with Crippen molar-refractivity contribution < 1.29 is 9.90 Å². The molecule has 0 heterocycles. The van der Waals surface area contributed by atoms with Crippen molar-refractivity contribution in [3.63, 3.8) is 0 Å². The zero-order valence-corrected chi connectivity index (χ0v) is 12.3. The molecule has 106 valence electrons. The summed E-state index contributed by atoms with van der Waals surface area (Å²) in [6.07, 6.45) is 0.317. The van der Waals surface area contributed by atoms with Crippen LogP contribution < -0.4 is 5.32 Å². The van der Waals surface area contributed by atoms with Crippen LogP contribution in [0.5, 0.6) is 5.75 Å². The number of phenolic OH excluding ortho intramolecular Hbond substituents is 1. The normalized spacial score (nSPS) is 11.3. The lowest BCUT2D eigenvalue weighted by atomic mass is 9.85. The molecular weight excluding hydrogens is 238 g/mol. The standard InChI is InChI=1S/C16H25NO2/c1-11(2)15(12(3)4)10-17-16(19)9-13-6-5-7-14(18)8-13/h5-8,11-12,15,18H,9-10H2,1-4H3,(H,17,19). The van der Waals surface area contributed by atoms with Gasteiger partial charge in [-0.05, 0) is 35.4 Å². The summed E-state index contributed by atoms with van der Waals surface area (Å²) >= 11 is 0. The fraction of sp³-hybridized carbons (Fsp3) is 0.562. The fourth-order valence-electron chi connectivity index (χ4n) is 2.39. The summed E-state index contributed by atoms with van der Waals surface area (Å²) < 4.78 is 0. The van der Waals surface area contributed by atoms with Gasteiger partial charge in [-0.25, -0.2) is 0 Å². The number of phenols is 1. The van der Waals surface area contributed by atoms with Crippen LogP contribution in [-0.4, -0.2) is 17.6 Å². The van der Waals surface area contributed by atoms with E-state index in [1.165, 1.54) is 0 Å². The minimum absolute atomic E-state index is 0.0110. The molecule has 0 radical (unpaired) electrons. The Bertz CT molecular complexity index is 405. The van der Waals surface area contributed by atoms with E-state index < -0.39 is 0 Å². The molecule has 0 aliphatic rings. The Morgan fingerprint density at radius 2 is 1.84 bits per heavy atom. The van der Waals surface area contributed by atoms with E-state index in [4.69, 9.17) is 0 Å². The summed E-state index contributed by atoms with van der Waals surface area (Å²) in [4.78, 5) is 11.9. The Hall–Kier alpha value is -1.51. The molecule has 0 bridgehead atoms. The first-order valence-corrected chi connectivity index (χ1v) is 6.94. The number of benzene rings is 1. The molecule has 1 amide bonds. The molecule has 0 atom stereocenters. The second-order valence-electron chi connectivity index (χ2n) is 5.80. The van der Waals surface area contributed by atoms with Gasteiger partial charge in [-0.1, -0.05) is 39.8 Å². The molecule has 0 spiro atoms. The third-order valence-electron chi connectivity index (χ3n) is 3.52. The summed E-state index contributed by atoms with van der Waals surface area (Å²) in [6.45, 7) is 9.46. The highest BCUT2D eigenvalue weighted by Gasteiger charge is 2.18. The van der Waals surface area contributed by atoms with Crippen LogP contribution in [0.2, 0.25) is 0 Å². The van der Waals surface area contributed by atoms with E-state index in [2.05, 4.69) is 33.0 Å². The van der Waals surface area contributed by atoms with Gasteiger partial charge in [0.05, 0.1) is 6.42 Å². The van der Waals surface area contributed by atoms with Crippen LogP contribution in [0.1, 0.15) is 33.3 Å². The Kier molecular flexibility index (Phi) is 5.87.